The van der Waals surface area contributed by atoms with Crippen molar-refractivity contribution in [3.63, 3.8) is 0 Å². The van der Waals surface area contributed by atoms with Crippen LogP contribution in [0, 0.1) is 5.92 Å². The van der Waals surface area contributed by atoms with Crippen LogP contribution in [0.15, 0.2) is 0 Å². The molecule has 0 aliphatic carbocycles. The highest BCUT2D eigenvalue weighted by atomic mass is 16.7. The van der Waals surface area contributed by atoms with Gasteiger partial charge in [-0.25, -0.2) is 5.06 Å². The van der Waals surface area contributed by atoms with Gasteiger partial charge in [-0.3, -0.25) is 14.4 Å². The number of hydrogen-bond donors (Lipinski definition) is 1. The molecular formula is C8H13NO4. The summed E-state index contributed by atoms with van der Waals surface area (Å²) in [6.07, 6.45) is 0.108. The molecule has 1 aliphatic heterocycles. The molecule has 13 heavy (non-hydrogen) atoms. The van der Waals surface area contributed by atoms with Crippen LogP contribution in [0.4, 0.5) is 0 Å². The summed E-state index contributed by atoms with van der Waals surface area (Å²) in [5.41, 5.74) is 0. The molecule has 5 nitrogen and oxygen atoms in total. The Labute approximate surface area is 76.2 Å². The first kappa shape index (κ1) is 9.98. The molecule has 1 heterocycles. The van der Waals surface area contributed by atoms with E-state index in [4.69, 9.17) is 9.94 Å². The van der Waals surface area contributed by atoms with Gasteiger partial charge in [-0.2, -0.15) is 0 Å². The van der Waals surface area contributed by atoms with Gasteiger partial charge in [-0.15, -0.1) is 0 Å². The van der Waals surface area contributed by atoms with Crippen LogP contribution in [0.5, 0.6) is 0 Å². The highest BCUT2D eigenvalue weighted by molar-refractivity contribution is 5.81. The predicted octanol–water partition coefficient (Wildman–Crippen LogP) is 0.260. The summed E-state index contributed by atoms with van der Waals surface area (Å²) in [7, 11) is 0. The number of hydrogen-bond acceptors (Lipinski definition) is 3. The molecular weight excluding hydrogens is 174 g/mol. The monoisotopic (exact) mass is 187 g/mol. The molecule has 0 spiro atoms. The van der Waals surface area contributed by atoms with Crippen LogP contribution in [0.2, 0.25) is 0 Å². The highest BCUT2D eigenvalue weighted by Gasteiger charge is 2.33. The Kier molecular flexibility index (Phi) is 2.87. The summed E-state index contributed by atoms with van der Waals surface area (Å²) in [4.78, 5) is 26.6. The maximum atomic E-state index is 11.2. The van der Waals surface area contributed by atoms with E-state index in [0.717, 1.165) is 5.06 Å². The predicted molar refractivity (Wildman–Crippen MR) is 43.7 cm³/mol. The van der Waals surface area contributed by atoms with Crippen molar-refractivity contribution in [3.8, 4) is 0 Å². The fourth-order valence-electron chi connectivity index (χ4n) is 1.14. The molecule has 0 aromatic rings. The molecule has 74 valence electrons. The van der Waals surface area contributed by atoms with Crippen LogP contribution >= 0.6 is 0 Å². The summed E-state index contributed by atoms with van der Waals surface area (Å²) in [6, 6.07) is 0. The zero-order valence-electron chi connectivity index (χ0n) is 7.69. The molecule has 1 fully saturated rings. The lowest BCUT2D eigenvalue weighted by atomic mass is 10.1. The minimum absolute atomic E-state index is 0.174. The minimum atomic E-state index is -1.06. The number of nitrogens with zero attached hydrogens (tertiary/aromatic N) is 1. The van der Waals surface area contributed by atoms with E-state index in [-0.39, 0.29) is 30.9 Å². The van der Waals surface area contributed by atoms with Crippen molar-refractivity contribution in [1.82, 2.24) is 5.06 Å². The minimum Gasteiger partial charge on any atom is -0.480 e. The number of carbonyl (C=O) groups excluding carboxylic acids is 1. The average molecular weight is 187 g/mol. The van der Waals surface area contributed by atoms with Crippen molar-refractivity contribution >= 4 is 11.9 Å². The Morgan fingerprint density at radius 1 is 1.77 bits per heavy atom. The van der Waals surface area contributed by atoms with Crippen molar-refractivity contribution in [2.24, 2.45) is 5.92 Å². The number of amides is 1. The van der Waals surface area contributed by atoms with Gasteiger partial charge in [-0.1, -0.05) is 13.8 Å². The fourth-order valence-corrected chi connectivity index (χ4v) is 1.14. The maximum Gasteiger partial charge on any atom is 0.325 e. The third-order valence-corrected chi connectivity index (χ3v) is 1.94. The molecule has 1 aliphatic rings. The molecule has 1 saturated heterocycles. The lowest BCUT2D eigenvalue weighted by Gasteiger charge is -2.15. The molecule has 1 atom stereocenters. The van der Waals surface area contributed by atoms with Crippen molar-refractivity contribution in [3.05, 3.63) is 0 Å². The van der Waals surface area contributed by atoms with Crippen molar-refractivity contribution in [2.45, 2.75) is 26.4 Å². The third-order valence-electron chi connectivity index (χ3n) is 1.94. The summed E-state index contributed by atoms with van der Waals surface area (Å²) in [5, 5.41) is 9.37. The van der Waals surface area contributed by atoms with Gasteiger partial charge in [0.15, 0.2) is 0 Å². The summed E-state index contributed by atoms with van der Waals surface area (Å²) in [6.45, 7) is 3.49. The average Bonchev–Trinajstić information content (AvgIpc) is 2.31. The normalized spacial score (nSPS) is 22.8. The highest BCUT2D eigenvalue weighted by Crippen LogP contribution is 2.20. The van der Waals surface area contributed by atoms with Crippen LogP contribution in [-0.2, 0) is 14.4 Å². The number of carboxylic acid groups (broad SMARTS) is 1. The number of aliphatic carboxylic acids is 1. The van der Waals surface area contributed by atoms with Crippen molar-refractivity contribution < 1.29 is 19.5 Å². The number of carboxylic acids is 1. The van der Waals surface area contributed by atoms with Gasteiger partial charge in [0.05, 0.1) is 12.5 Å². The van der Waals surface area contributed by atoms with E-state index >= 15 is 0 Å². The Morgan fingerprint density at radius 2 is 2.38 bits per heavy atom. The Morgan fingerprint density at radius 3 is 2.77 bits per heavy atom. The molecule has 0 bridgehead atoms. The molecule has 0 aromatic heterocycles. The molecule has 1 rings (SSSR count). The van der Waals surface area contributed by atoms with E-state index in [0.29, 0.717) is 0 Å². The van der Waals surface area contributed by atoms with Crippen LogP contribution < -0.4 is 0 Å². The smallest absolute Gasteiger partial charge is 0.325 e. The van der Waals surface area contributed by atoms with Gasteiger partial charge in [0.1, 0.15) is 6.54 Å². The third kappa shape index (κ3) is 2.42. The largest absolute Gasteiger partial charge is 0.480 e. The molecule has 1 unspecified atom stereocenters. The second-order valence-corrected chi connectivity index (χ2v) is 3.42. The van der Waals surface area contributed by atoms with Gasteiger partial charge in [0.25, 0.3) is 0 Å². The van der Waals surface area contributed by atoms with Crippen LogP contribution in [0.3, 0.4) is 0 Å². The fraction of sp³-hybridized carbons (Fsp3) is 0.750. The quantitative estimate of drug-likeness (QED) is 0.688. The summed E-state index contributed by atoms with van der Waals surface area (Å²) < 4.78 is 0. The molecule has 0 radical (unpaired) electrons. The Bertz CT molecular complexity index is 226. The SMILES string of the molecule is CC(C)C1CC(=O)N(CC(=O)O)O1. The molecule has 1 N–H and O–H groups in total. The molecule has 0 saturated carbocycles. The second-order valence-electron chi connectivity index (χ2n) is 3.42. The van der Waals surface area contributed by atoms with E-state index in [9.17, 15) is 9.59 Å². The van der Waals surface area contributed by atoms with Gasteiger partial charge in [0, 0.05) is 0 Å². The zero-order valence-corrected chi connectivity index (χ0v) is 7.69. The number of hydroxylamine groups is 2. The first-order valence-corrected chi connectivity index (χ1v) is 4.19. The van der Waals surface area contributed by atoms with Gasteiger partial charge in [0.2, 0.25) is 5.91 Å². The van der Waals surface area contributed by atoms with Crippen LogP contribution in [0.1, 0.15) is 20.3 Å². The lowest BCUT2D eigenvalue weighted by molar-refractivity contribution is -0.185. The van der Waals surface area contributed by atoms with E-state index in [2.05, 4.69) is 0 Å². The van der Waals surface area contributed by atoms with Crippen molar-refractivity contribution in [1.29, 1.82) is 0 Å². The van der Waals surface area contributed by atoms with E-state index in [1.165, 1.54) is 0 Å². The van der Waals surface area contributed by atoms with E-state index in [1.54, 1.807) is 0 Å². The number of rotatable bonds is 3. The maximum absolute atomic E-state index is 11.2. The van der Waals surface area contributed by atoms with Gasteiger partial charge < -0.3 is 5.11 Å². The summed E-state index contributed by atoms with van der Waals surface area (Å²) >= 11 is 0. The Balaban J connectivity index is 2.51. The number of carbonyl (C=O) groups is 2. The lowest BCUT2D eigenvalue weighted by Crippen LogP contribution is -2.30. The van der Waals surface area contributed by atoms with Crippen LogP contribution in [-0.4, -0.2) is 34.7 Å². The topological polar surface area (TPSA) is 66.8 Å². The molecule has 1 amide bonds. The van der Waals surface area contributed by atoms with Crippen LogP contribution in [0.25, 0.3) is 0 Å². The Hall–Kier alpha value is -1.10. The zero-order chi connectivity index (χ0) is 10.0. The molecule has 5 heteroatoms. The van der Waals surface area contributed by atoms with E-state index < -0.39 is 5.97 Å². The van der Waals surface area contributed by atoms with Crippen molar-refractivity contribution in [2.75, 3.05) is 6.54 Å². The standard InChI is InChI=1S/C8H13NO4/c1-5(2)6-3-7(10)9(13-6)4-8(11)12/h5-6H,3-4H2,1-2H3,(H,11,12). The van der Waals surface area contributed by atoms with Gasteiger partial charge >= 0.3 is 5.97 Å². The van der Waals surface area contributed by atoms with E-state index in [1.807, 2.05) is 13.8 Å². The first-order chi connectivity index (χ1) is 6.00. The summed E-state index contributed by atoms with van der Waals surface area (Å²) in [5.74, 6) is -1.08. The molecule has 0 aromatic carbocycles. The van der Waals surface area contributed by atoms with Gasteiger partial charge in [-0.05, 0) is 5.92 Å². The second kappa shape index (κ2) is 3.74. The first-order valence-electron chi connectivity index (χ1n) is 4.19.